The summed E-state index contributed by atoms with van der Waals surface area (Å²) in [5.41, 5.74) is -0.0865. The maximum absolute atomic E-state index is 13.8. The van der Waals surface area contributed by atoms with Crippen LogP contribution in [-0.2, 0) is 11.0 Å². The number of hydrogen-bond donors (Lipinski definition) is 1. The number of hydrogen-bond acceptors (Lipinski definition) is 3. The molecule has 0 radical (unpaired) electrons. The van der Waals surface area contributed by atoms with E-state index in [-0.39, 0.29) is 12.1 Å². The lowest BCUT2D eigenvalue weighted by Crippen LogP contribution is -2.41. The number of piperidine rings is 1. The first-order valence-electron chi connectivity index (χ1n) is 9.18. The maximum Gasteiger partial charge on any atom is 0.416 e. The van der Waals surface area contributed by atoms with Crippen molar-refractivity contribution in [2.45, 2.75) is 25.1 Å². The van der Waals surface area contributed by atoms with Crippen LogP contribution in [0.1, 0.15) is 35.6 Å². The SMILES string of the molecule is COc1ccc(Br)cc1C(c1ccccc1C(F)(F)F)N1CCCC(C(=O)O)C1. The fourth-order valence-corrected chi connectivity index (χ4v) is 4.29. The molecular weight excluding hydrogens is 451 g/mol. The molecule has 156 valence electrons. The van der Waals surface area contributed by atoms with Gasteiger partial charge in [-0.25, -0.2) is 0 Å². The molecule has 0 aliphatic carbocycles. The van der Waals surface area contributed by atoms with E-state index in [0.717, 1.165) is 6.07 Å². The molecule has 2 atom stereocenters. The molecular formula is C21H21BrF3NO3. The number of aliphatic carboxylic acids is 1. The second kappa shape index (κ2) is 8.75. The van der Waals surface area contributed by atoms with Crippen molar-refractivity contribution in [1.29, 1.82) is 0 Å². The number of methoxy groups -OCH3 is 1. The molecule has 2 unspecified atom stereocenters. The minimum Gasteiger partial charge on any atom is -0.496 e. The van der Waals surface area contributed by atoms with Crippen LogP contribution in [0.4, 0.5) is 13.2 Å². The van der Waals surface area contributed by atoms with E-state index >= 15 is 0 Å². The fraction of sp³-hybridized carbons (Fsp3) is 0.381. The molecule has 1 aliphatic heterocycles. The lowest BCUT2D eigenvalue weighted by atomic mass is 9.88. The van der Waals surface area contributed by atoms with Gasteiger partial charge in [-0.2, -0.15) is 13.2 Å². The van der Waals surface area contributed by atoms with Crippen molar-refractivity contribution in [3.63, 3.8) is 0 Å². The largest absolute Gasteiger partial charge is 0.496 e. The van der Waals surface area contributed by atoms with Crippen molar-refractivity contribution in [2.24, 2.45) is 5.92 Å². The van der Waals surface area contributed by atoms with Crippen molar-refractivity contribution in [2.75, 3.05) is 20.2 Å². The number of nitrogens with zero attached hydrogens (tertiary/aromatic N) is 1. The van der Waals surface area contributed by atoms with Gasteiger partial charge in [0, 0.05) is 16.6 Å². The molecule has 1 aliphatic rings. The van der Waals surface area contributed by atoms with Gasteiger partial charge in [0.1, 0.15) is 5.75 Å². The third-order valence-electron chi connectivity index (χ3n) is 5.21. The highest BCUT2D eigenvalue weighted by molar-refractivity contribution is 9.10. The monoisotopic (exact) mass is 471 g/mol. The first kappa shape index (κ1) is 21.6. The van der Waals surface area contributed by atoms with Crippen molar-refractivity contribution in [3.8, 4) is 5.75 Å². The van der Waals surface area contributed by atoms with Gasteiger partial charge in [0.2, 0.25) is 0 Å². The first-order chi connectivity index (χ1) is 13.7. The average Bonchev–Trinajstić information content (AvgIpc) is 2.68. The van der Waals surface area contributed by atoms with E-state index in [1.165, 1.54) is 19.2 Å². The minimum atomic E-state index is -4.53. The molecule has 3 rings (SSSR count). The average molecular weight is 472 g/mol. The van der Waals surface area contributed by atoms with Crippen LogP contribution in [0.5, 0.6) is 5.75 Å². The molecule has 0 bridgehead atoms. The van der Waals surface area contributed by atoms with Crippen LogP contribution in [0.2, 0.25) is 0 Å². The van der Waals surface area contributed by atoms with Crippen LogP contribution in [0, 0.1) is 5.92 Å². The predicted octanol–water partition coefficient (Wildman–Crippen LogP) is 5.36. The molecule has 1 saturated heterocycles. The number of halogens is 4. The Morgan fingerprint density at radius 1 is 1.24 bits per heavy atom. The summed E-state index contributed by atoms with van der Waals surface area (Å²) >= 11 is 3.39. The lowest BCUT2D eigenvalue weighted by Gasteiger charge is -2.39. The van der Waals surface area contributed by atoms with E-state index in [0.29, 0.717) is 35.2 Å². The molecule has 0 saturated carbocycles. The van der Waals surface area contributed by atoms with E-state index in [4.69, 9.17) is 4.74 Å². The Bertz CT molecular complexity index is 888. The van der Waals surface area contributed by atoms with E-state index in [9.17, 15) is 23.1 Å². The number of carbonyl (C=O) groups is 1. The molecule has 8 heteroatoms. The van der Waals surface area contributed by atoms with Crippen LogP contribution in [0.3, 0.4) is 0 Å². The van der Waals surface area contributed by atoms with Gasteiger partial charge in [-0.1, -0.05) is 34.1 Å². The van der Waals surface area contributed by atoms with Gasteiger partial charge in [-0.15, -0.1) is 0 Å². The summed E-state index contributed by atoms with van der Waals surface area (Å²) in [5.74, 6) is -1.10. The molecule has 2 aromatic rings. The van der Waals surface area contributed by atoms with Crippen molar-refractivity contribution in [3.05, 3.63) is 63.6 Å². The molecule has 4 nitrogen and oxygen atoms in total. The van der Waals surface area contributed by atoms with Crippen LogP contribution in [0.25, 0.3) is 0 Å². The maximum atomic E-state index is 13.8. The zero-order valence-electron chi connectivity index (χ0n) is 15.7. The smallest absolute Gasteiger partial charge is 0.416 e. The molecule has 2 aromatic carbocycles. The van der Waals surface area contributed by atoms with Gasteiger partial charge in [0.15, 0.2) is 0 Å². The van der Waals surface area contributed by atoms with Gasteiger partial charge < -0.3 is 9.84 Å². The van der Waals surface area contributed by atoms with E-state index < -0.39 is 29.7 Å². The van der Waals surface area contributed by atoms with E-state index in [2.05, 4.69) is 15.9 Å². The van der Waals surface area contributed by atoms with Crippen molar-refractivity contribution >= 4 is 21.9 Å². The van der Waals surface area contributed by atoms with Crippen molar-refractivity contribution in [1.82, 2.24) is 4.90 Å². The zero-order valence-corrected chi connectivity index (χ0v) is 17.3. The molecule has 0 amide bonds. The Hall–Kier alpha value is -2.06. The number of likely N-dealkylation sites (tertiary alicyclic amines) is 1. The number of carboxylic acids is 1. The Kier molecular flexibility index (Phi) is 6.53. The summed E-state index contributed by atoms with van der Waals surface area (Å²) in [6.45, 7) is 0.665. The highest BCUT2D eigenvalue weighted by atomic mass is 79.9. The van der Waals surface area contributed by atoms with Gasteiger partial charge in [-0.3, -0.25) is 9.69 Å². The molecule has 1 heterocycles. The van der Waals surface area contributed by atoms with Gasteiger partial charge in [0.25, 0.3) is 0 Å². The first-order valence-corrected chi connectivity index (χ1v) is 9.98. The molecule has 0 aromatic heterocycles. The molecule has 1 N–H and O–H groups in total. The van der Waals surface area contributed by atoms with Gasteiger partial charge in [0.05, 0.1) is 24.6 Å². The Balaban J connectivity index is 2.19. The number of benzene rings is 2. The Morgan fingerprint density at radius 2 is 1.97 bits per heavy atom. The summed E-state index contributed by atoms with van der Waals surface area (Å²) in [5, 5.41) is 9.47. The molecule has 0 spiro atoms. The Morgan fingerprint density at radius 3 is 2.62 bits per heavy atom. The molecule has 29 heavy (non-hydrogen) atoms. The van der Waals surface area contributed by atoms with Gasteiger partial charge in [-0.05, 0) is 49.2 Å². The van der Waals surface area contributed by atoms with Crippen molar-refractivity contribution < 1.29 is 27.8 Å². The summed E-state index contributed by atoms with van der Waals surface area (Å²) in [4.78, 5) is 13.4. The second-order valence-corrected chi connectivity index (χ2v) is 7.96. The third-order valence-corrected chi connectivity index (χ3v) is 5.71. The number of rotatable bonds is 5. The number of ether oxygens (including phenoxy) is 1. The molecule has 1 fully saturated rings. The number of alkyl halides is 3. The minimum absolute atomic E-state index is 0.0856. The third kappa shape index (κ3) is 4.75. The predicted molar refractivity (Wildman–Crippen MR) is 106 cm³/mol. The standard InChI is InChI=1S/C21H21BrF3NO3/c1-29-18-9-8-14(22)11-16(18)19(26-10-4-5-13(12-26)20(27)28)15-6-2-3-7-17(15)21(23,24)25/h2-3,6-9,11,13,19H,4-5,10,12H2,1H3,(H,27,28). The van der Waals surface area contributed by atoms with Crippen LogP contribution in [0.15, 0.2) is 46.9 Å². The van der Waals surface area contributed by atoms with Gasteiger partial charge >= 0.3 is 12.1 Å². The van der Waals surface area contributed by atoms with E-state index in [1.54, 1.807) is 24.3 Å². The van der Waals surface area contributed by atoms with Crippen LogP contribution in [-0.4, -0.2) is 36.2 Å². The highest BCUT2D eigenvalue weighted by Crippen LogP contribution is 2.43. The summed E-state index contributed by atoms with van der Waals surface area (Å²) in [6.07, 6.45) is -3.43. The summed E-state index contributed by atoms with van der Waals surface area (Å²) < 4.78 is 47.6. The fourth-order valence-electron chi connectivity index (χ4n) is 3.92. The van der Waals surface area contributed by atoms with E-state index in [1.807, 2.05) is 4.90 Å². The summed E-state index contributed by atoms with van der Waals surface area (Å²) in [7, 11) is 1.47. The lowest BCUT2D eigenvalue weighted by molar-refractivity contribution is -0.144. The second-order valence-electron chi connectivity index (χ2n) is 7.05. The van der Waals surface area contributed by atoms with Crippen LogP contribution < -0.4 is 4.74 Å². The Labute approximate surface area is 175 Å². The zero-order chi connectivity index (χ0) is 21.2. The summed E-state index contributed by atoms with van der Waals surface area (Å²) in [6, 6.07) is 9.85. The quantitative estimate of drug-likeness (QED) is 0.637. The topological polar surface area (TPSA) is 49.8 Å². The van der Waals surface area contributed by atoms with Crippen LogP contribution >= 0.6 is 15.9 Å². The normalized spacial score (nSPS) is 19.0. The number of carboxylic acid groups (broad SMARTS) is 1. The highest BCUT2D eigenvalue weighted by Gasteiger charge is 2.39.